The van der Waals surface area contributed by atoms with Crippen LogP contribution in [0.2, 0.25) is 0 Å². The summed E-state index contributed by atoms with van der Waals surface area (Å²) in [4.78, 5) is 2.28. The molecular formula is C14H22BrN3O2S. The molecule has 2 rings (SSSR count). The molecule has 1 unspecified atom stereocenters. The maximum Gasteiger partial charge on any atom is 0.211 e. The Morgan fingerprint density at radius 3 is 2.43 bits per heavy atom. The van der Waals surface area contributed by atoms with Crippen LogP contribution in [-0.2, 0) is 10.0 Å². The van der Waals surface area contributed by atoms with Crippen LogP contribution >= 0.6 is 15.9 Å². The van der Waals surface area contributed by atoms with Crippen molar-refractivity contribution in [3.05, 3.63) is 34.3 Å². The monoisotopic (exact) mass is 375 g/mol. The smallest absolute Gasteiger partial charge is 0.211 e. The van der Waals surface area contributed by atoms with Gasteiger partial charge in [0.1, 0.15) is 0 Å². The Morgan fingerprint density at radius 2 is 1.86 bits per heavy atom. The summed E-state index contributed by atoms with van der Waals surface area (Å²) in [7, 11) is -3.05. The molecule has 7 heteroatoms. The predicted molar refractivity (Wildman–Crippen MR) is 88.5 cm³/mol. The molecule has 0 saturated carbocycles. The number of sulfonamides is 1. The van der Waals surface area contributed by atoms with Crippen molar-refractivity contribution in [3.63, 3.8) is 0 Å². The molecule has 1 saturated heterocycles. The number of nitrogens with zero attached hydrogens (tertiary/aromatic N) is 2. The first kappa shape index (κ1) is 16.9. The second kappa shape index (κ2) is 7.19. The fourth-order valence-corrected chi connectivity index (χ4v) is 3.94. The van der Waals surface area contributed by atoms with E-state index in [4.69, 9.17) is 5.73 Å². The number of rotatable bonds is 5. The first-order valence-electron chi connectivity index (χ1n) is 7.05. The summed E-state index contributed by atoms with van der Waals surface area (Å²) in [5.74, 6) is 0. The van der Waals surface area contributed by atoms with Gasteiger partial charge in [-0.25, -0.2) is 8.42 Å². The average molecular weight is 376 g/mol. The highest BCUT2D eigenvalue weighted by Crippen LogP contribution is 2.23. The highest BCUT2D eigenvalue weighted by Gasteiger charge is 2.23. The van der Waals surface area contributed by atoms with Crippen molar-refractivity contribution >= 4 is 26.0 Å². The van der Waals surface area contributed by atoms with Gasteiger partial charge in [0.2, 0.25) is 10.0 Å². The Hall–Kier alpha value is -0.470. The van der Waals surface area contributed by atoms with Crippen molar-refractivity contribution in [1.82, 2.24) is 9.21 Å². The zero-order valence-corrected chi connectivity index (χ0v) is 14.6. The van der Waals surface area contributed by atoms with Crippen molar-refractivity contribution in [2.75, 3.05) is 39.0 Å². The molecule has 1 aliphatic heterocycles. The Labute approximate surface area is 135 Å². The molecule has 118 valence electrons. The lowest BCUT2D eigenvalue weighted by molar-refractivity contribution is 0.184. The Bertz CT molecular complexity index is 571. The molecule has 1 atom stereocenters. The molecule has 0 bridgehead atoms. The summed E-state index contributed by atoms with van der Waals surface area (Å²) in [5, 5.41) is 0. The SMILES string of the molecule is CS(=O)(=O)N1CCN(CCC(N)c2ccccc2Br)CC1. The molecule has 1 aromatic carbocycles. The van der Waals surface area contributed by atoms with Crippen LogP contribution in [0.25, 0.3) is 0 Å². The quantitative estimate of drug-likeness (QED) is 0.844. The number of hydrogen-bond donors (Lipinski definition) is 1. The zero-order chi connectivity index (χ0) is 15.5. The molecule has 2 N–H and O–H groups in total. The summed E-state index contributed by atoms with van der Waals surface area (Å²) in [6.45, 7) is 3.58. The molecule has 0 aromatic heterocycles. The van der Waals surface area contributed by atoms with Crippen LogP contribution in [0.3, 0.4) is 0 Å². The average Bonchev–Trinajstić information content (AvgIpc) is 2.45. The summed E-state index contributed by atoms with van der Waals surface area (Å²) >= 11 is 3.53. The molecule has 0 amide bonds. The highest BCUT2D eigenvalue weighted by atomic mass is 79.9. The van der Waals surface area contributed by atoms with E-state index in [1.54, 1.807) is 0 Å². The molecule has 0 radical (unpaired) electrons. The van der Waals surface area contributed by atoms with Crippen molar-refractivity contribution in [1.29, 1.82) is 0 Å². The molecule has 1 fully saturated rings. The second-order valence-corrected chi connectivity index (χ2v) is 8.26. The fourth-order valence-electron chi connectivity index (χ4n) is 2.54. The largest absolute Gasteiger partial charge is 0.324 e. The van der Waals surface area contributed by atoms with Crippen LogP contribution in [0, 0.1) is 0 Å². The summed E-state index contributed by atoms with van der Waals surface area (Å²) < 4.78 is 25.5. The summed E-state index contributed by atoms with van der Waals surface area (Å²) in [6.07, 6.45) is 2.13. The van der Waals surface area contributed by atoms with E-state index in [0.29, 0.717) is 13.1 Å². The first-order valence-corrected chi connectivity index (χ1v) is 9.69. The zero-order valence-electron chi connectivity index (χ0n) is 12.2. The van der Waals surface area contributed by atoms with Crippen LogP contribution < -0.4 is 5.73 Å². The van der Waals surface area contributed by atoms with Gasteiger partial charge in [0, 0.05) is 43.2 Å². The van der Waals surface area contributed by atoms with E-state index in [-0.39, 0.29) is 6.04 Å². The number of piperazine rings is 1. The number of nitrogens with two attached hydrogens (primary N) is 1. The van der Waals surface area contributed by atoms with Crippen LogP contribution in [0.5, 0.6) is 0 Å². The van der Waals surface area contributed by atoms with Gasteiger partial charge in [0.05, 0.1) is 6.26 Å². The van der Waals surface area contributed by atoms with E-state index in [1.165, 1.54) is 10.6 Å². The van der Waals surface area contributed by atoms with Crippen molar-refractivity contribution in [2.45, 2.75) is 12.5 Å². The lowest BCUT2D eigenvalue weighted by atomic mass is 10.0. The maximum absolute atomic E-state index is 11.5. The fraction of sp³-hybridized carbons (Fsp3) is 0.571. The first-order chi connectivity index (χ1) is 9.88. The van der Waals surface area contributed by atoms with Gasteiger partial charge in [-0.15, -0.1) is 0 Å². The van der Waals surface area contributed by atoms with E-state index >= 15 is 0 Å². The van der Waals surface area contributed by atoms with Gasteiger partial charge in [0.15, 0.2) is 0 Å². The van der Waals surface area contributed by atoms with Crippen LogP contribution in [0.4, 0.5) is 0 Å². The summed E-state index contributed by atoms with van der Waals surface area (Å²) in [5.41, 5.74) is 7.36. The number of benzene rings is 1. The van der Waals surface area contributed by atoms with Crippen LogP contribution in [-0.4, -0.2) is 56.6 Å². The van der Waals surface area contributed by atoms with Gasteiger partial charge < -0.3 is 10.6 Å². The Kier molecular flexibility index (Phi) is 5.79. The Balaban J connectivity index is 1.81. The van der Waals surface area contributed by atoms with Gasteiger partial charge in [-0.1, -0.05) is 34.1 Å². The third-order valence-electron chi connectivity index (χ3n) is 3.86. The van der Waals surface area contributed by atoms with Crippen LogP contribution in [0.1, 0.15) is 18.0 Å². The topological polar surface area (TPSA) is 66.6 Å². The number of halogens is 1. The van der Waals surface area contributed by atoms with E-state index in [2.05, 4.69) is 20.8 Å². The van der Waals surface area contributed by atoms with Gasteiger partial charge in [-0.3, -0.25) is 0 Å². The molecule has 21 heavy (non-hydrogen) atoms. The Morgan fingerprint density at radius 1 is 1.24 bits per heavy atom. The molecule has 0 aliphatic carbocycles. The molecular weight excluding hydrogens is 354 g/mol. The number of hydrogen-bond acceptors (Lipinski definition) is 4. The van der Waals surface area contributed by atoms with Crippen LogP contribution in [0.15, 0.2) is 28.7 Å². The minimum absolute atomic E-state index is 0.00601. The van der Waals surface area contributed by atoms with Crippen molar-refractivity contribution in [3.8, 4) is 0 Å². The minimum atomic E-state index is -3.05. The third-order valence-corrected chi connectivity index (χ3v) is 5.89. The third kappa shape index (κ3) is 4.75. The van der Waals surface area contributed by atoms with Crippen molar-refractivity contribution < 1.29 is 8.42 Å². The van der Waals surface area contributed by atoms with E-state index in [1.807, 2.05) is 24.3 Å². The lowest BCUT2D eigenvalue weighted by Gasteiger charge is -2.33. The molecule has 1 aliphatic rings. The minimum Gasteiger partial charge on any atom is -0.324 e. The van der Waals surface area contributed by atoms with Gasteiger partial charge in [-0.2, -0.15) is 4.31 Å². The lowest BCUT2D eigenvalue weighted by Crippen LogP contribution is -2.48. The van der Waals surface area contributed by atoms with E-state index in [0.717, 1.165) is 36.1 Å². The van der Waals surface area contributed by atoms with Gasteiger partial charge in [0.25, 0.3) is 0 Å². The van der Waals surface area contributed by atoms with Gasteiger partial charge >= 0.3 is 0 Å². The molecule has 0 spiro atoms. The molecule has 1 aromatic rings. The highest BCUT2D eigenvalue weighted by molar-refractivity contribution is 9.10. The standard InChI is InChI=1S/C14H22BrN3O2S/c1-21(19,20)18-10-8-17(9-11-18)7-6-14(16)12-4-2-3-5-13(12)15/h2-5,14H,6-11,16H2,1H3. The molecule has 5 nitrogen and oxygen atoms in total. The van der Waals surface area contributed by atoms with Gasteiger partial charge in [-0.05, 0) is 18.1 Å². The summed E-state index contributed by atoms with van der Waals surface area (Å²) in [6, 6.07) is 8.00. The van der Waals surface area contributed by atoms with E-state index < -0.39 is 10.0 Å². The van der Waals surface area contributed by atoms with Crippen molar-refractivity contribution in [2.24, 2.45) is 5.73 Å². The maximum atomic E-state index is 11.5. The normalized spacial score (nSPS) is 19.6. The predicted octanol–water partition coefficient (Wildman–Crippen LogP) is 1.42. The second-order valence-electron chi connectivity index (χ2n) is 5.42. The molecule has 1 heterocycles. The van der Waals surface area contributed by atoms with E-state index in [9.17, 15) is 8.42 Å².